The molecule has 2 N–H and O–H groups in total. The summed E-state index contributed by atoms with van der Waals surface area (Å²) in [5.74, 6) is 0.0781. The lowest BCUT2D eigenvalue weighted by Crippen LogP contribution is -2.67. The number of β-lactam (4-membered cyclic amide) rings is 1. The smallest absolute Gasteiger partial charge is 0.239 e. The fraction of sp³-hybridized carbons (Fsp3) is 0.235. The van der Waals surface area contributed by atoms with E-state index < -0.39 is 0 Å². The Morgan fingerprint density at radius 2 is 1.45 bits per heavy atom. The van der Waals surface area contributed by atoms with Crippen molar-refractivity contribution < 1.29 is 4.79 Å². The SMILES string of the molecule is C[C@H]1NC(=O)[C@H]1NC(c1ccccc1)c1ccccc1. The van der Waals surface area contributed by atoms with Crippen molar-refractivity contribution in [3.05, 3.63) is 71.8 Å². The van der Waals surface area contributed by atoms with Crippen molar-refractivity contribution in [1.29, 1.82) is 0 Å². The molecule has 2 aromatic carbocycles. The van der Waals surface area contributed by atoms with Crippen LogP contribution in [0.2, 0.25) is 0 Å². The number of benzene rings is 2. The second-order valence-electron chi connectivity index (χ2n) is 5.20. The fourth-order valence-corrected chi connectivity index (χ4v) is 2.60. The number of carbonyl (C=O) groups excluding carboxylic acids is 1. The summed E-state index contributed by atoms with van der Waals surface area (Å²) >= 11 is 0. The molecule has 2 aromatic rings. The highest BCUT2D eigenvalue weighted by Gasteiger charge is 2.37. The molecule has 102 valence electrons. The van der Waals surface area contributed by atoms with Gasteiger partial charge in [-0.05, 0) is 18.1 Å². The molecular formula is C17H18N2O. The van der Waals surface area contributed by atoms with E-state index in [-0.39, 0.29) is 24.0 Å². The Kier molecular flexibility index (Phi) is 3.52. The van der Waals surface area contributed by atoms with Crippen LogP contribution in [0.3, 0.4) is 0 Å². The van der Waals surface area contributed by atoms with Crippen molar-refractivity contribution in [2.75, 3.05) is 0 Å². The van der Waals surface area contributed by atoms with Crippen LogP contribution in [0.1, 0.15) is 24.1 Å². The predicted octanol–water partition coefficient (Wildman–Crippen LogP) is 2.25. The van der Waals surface area contributed by atoms with E-state index in [1.165, 1.54) is 11.1 Å². The zero-order chi connectivity index (χ0) is 13.9. The maximum absolute atomic E-state index is 11.7. The second kappa shape index (κ2) is 5.47. The number of amides is 1. The van der Waals surface area contributed by atoms with Crippen molar-refractivity contribution in [1.82, 2.24) is 10.6 Å². The van der Waals surface area contributed by atoms with Crippen LogP contribution in [0.5, 0.6) is 0 Å². The van der Waals surface area contributed by atoms with E-state index in [0.29, 0.717) is 0 Å². The third-order valence-electron chi connectivity index (χ3n) is 3.76. The van der Waals surface area contributed by atoms with Gasteiger partial charge in [-0.25, -0.2) is 0 Å². The normalized spacial score (nSPS) is 21.4. The zero-order valence-electron chi connectivity index (χ0n) is 11.4. The molecule has 20 heavy (non-hydrogen) atoms. The molecule has 0 aliphatic carbocycles. The Bertz CT molecular complexity index is 543. The van der Waals surface area contributed by atoms with Gasteiger partial charge in [0.05, 0.1) is 12.1 Å². The lowest BCUT2D eigenvalue weighted by atomic mass is 9.94. The van der Waals surface area contributed by atoms with Crippen LogP contribution < -0.4 is 10.6 Å². The molecule has 0 radical (unpaired) electrons. The lowest BCUT2D eigenvalue weighted by molar-refractivity contribution is -0.131. The van der Waals surface area contributed by atoms with Crippen molar-refractivity contribution in [3.63, 3.8) is 0 Å². The topological polar surface area (TPSA) is 41.1 Å². The van der Waals surface area contributed by atoms with Crippen molar-refractivity contribution in [2.24, 2.45) is 0 Å². The third kappa shape index (κ3) is 2.45. The van der Waals surface area contributed by atoms with Gasteiger partial charge in [-0.1, -0.05) is 60.7 Å². The maximum atomic E-state index is 11.7. The Morgan fingerprint density at radius 1 is 0.950 bits per heavy atom. The summed E-state index contributed by atoms with van der Waals surface area (Å²) in [7, 11) is 0. The van der Waals surface area contributed by atoms with E-state index in [1.807, 2.05) is 43.3 Å². The zero-order valence-corrected chi connectivity index (χ0v) is 11.4. The van der Waals surface area contributed by atoms with Crippen molar-refractivity contribution in [3.8, 4) is 0 Å². The van der Waals surface area contributed by atoms with E-state index in [1.54, 1.807) is 0 Å². The van der Waals surface area contributed by atoms with Gasteiger partial charge in [0.15, 0.2) is 0 Å². The van der Waals surface area contributed by atoms with Crippen molar-refractivity contribution >= 4 is 5.91 Å². The summed E-state index contributed by atoms with van der Waals surface area (Å²) in [4.78, 5) is 11.7. The molecule has 0 spiro atoms. The molecule has 1 saturated heterocycles. The van der Waals surface area contributed by atoms with Crippen LogP contribution >= 0.6 is 0 Å². The van der Waals surface area contributed by atoms with E-state index in [2.05, 4.69) is 34.9 Å². The fourth-order valence-electron chi connectivity index (χ4n) is 2.60. The highest BCUT2D eigenvalue weighted by molar-refractivity contribution is 5.89. The quantitative estimate of drug-likeness (QED) is 0.833. The molecule has 0 saturated carbocycles. The average molecular weight is 266 g/mol. The van der Waals surface area contributed by atoms with Gasteiger partial charge in [-0.2, -0.15) is 0 Å². The summed E-state index contributed by atoms with van der Waals surface area (Å²) < 4.78 is 0. The summed E-state index contributed by atoms with van der Waals surface area (Å²) in [6.07, 6.45) is 0. The number of carbonyl (C=O) groups is 1. The number of hydrogen-bond donors (Lipinski definition) is 2. The summed E-state index contributed by atoms with van der Waals surface area (Å²) in [6.45, 7) is 2.02. The maximum Gasteiger partial charge on any atom is 0.239 e. The van der Waals surface area contributed by atoms with Crippen LogP contribution in [-0.2, 0) is 4.79 Å². The van der Waals surface area contributed by atoms with Gasteiger partial charge >= 0.3 is 0 Å². The van der Waals surface area contributed by atoms with Gasteiger partial charge in [0.2, 0.25) is 5.91 Å². The average Bonchev–Trinajstić information content (AvgIpc) is 2.50. The van der Waals surface area contributed by atoms with Crippen LogP contribution in [0.15, 0.2) is 60.7 Å². The number of rotatable bonds is 4. The van der Waals surface area contributed by atoms with Gasteiger partial charge in [-0.15, -0.1) is 0 Å². The summed E-state index contributed by atoms with van der Waals surface area (Å²) in [5.41, 5.74) is 2.34. The monoisotopic (exact) mass is 266 g/mol. The molecule has 1 heterocycles. The van der Waals surface area contributed by atoms with E-state index in [4.69, 9.17) is 0 Å². The molecule has 1 aliphatic rings. The van der Waals surface area contributed by atoms with E-state index >= 15 is 0 Å². The largest absolute Gasteiger partial charge is 0.350 e. The standard InChI is InChI=1S/C17H18N2O/c1-12-15(17(20)18-12)19-16(13-8-4-2-5-9-13)14-10-6-3-7-11-14/h2-12,15-16,19H,1H3,(H,18,20)/t12-,15+/m1/s1. The van der Waals surface area contributed by atoms with Crippen LogP contribution in [-0.4, -0.2) is 18.0 Å². The Balaban J connectivity index is 1.90. The molecule has 1 aliphatic heterocycles. The third-order valence-corrected chi connectivity index (χ3v) is 3.76. The Morgan fingerprint density at radius 3 is 1.85 bits per heavy atom. The molecule has 1 fully saturated rings. The summed E-state index contributed by atoms with van der Waals surface area (Å²) in [5, 5.41) is 6.34. The molecule has 0 bridgehead atoms. The van der Waals surface area contributed by atoms with E-state index in [9.17, 15) is 4.79 Å². The minimum Gasteiger partial charge on any atom is -0.350 e. The first-order valence-electron chi connectivity index (χ1n) is 6.92. The number of nitrogens with one attached hydrogen (secondary N) is 2. The predicted molar refractivity (Wildman–Crippen MR) is 79.3 cm³/mol. The first-order valence-corrected chi connectivity index (χ1v) is 6.92. The van der Waals surface area contributed by atoms with Gasteiger partial charge in [-0.3, -0.25) is 10.1 Å². The molecule has 2 atom stereocenters. The molecule has 1 amide bonds. The first kappa shape index (κ1) is 12.9. The molecule has 0 aromatic heterocycles. The Labute approximate surface area is 119 Å². The van der Waals surface area contributed by atoms with Gasteiger partial charge < -0.3 is 5.32 Å². The number of hydrogen-bond acceptors (Lipinski definition) is 2. The lowest BCUT2D eigenvalue weighted by Gasteiger charge is -2.37. The molecule has 0 unspecified atom stereocenters. The van der Waals surface area contributed by atoms with Crippen LogP contribution in [0.4, 0.5) is 0 Å². The minimum atomic E-state index is -0.125. The molecule has 3 heteroatoms. The van der Waals surface area contributed by atoms with E-state index in [0.717, 1.165) is 0 Å². The van der Waals surface area contributed by atoms with Crippen LogP contribution in [0, 0.1) is 0 Å². The highest BCUT2D eigenvalue weighted by atomic mass is 16.2. The minimum absolute atomic E-state index is 0.0379. The first-order chi connectivity index (χ1) is 9.75. The molecule has 3 nitrogen and oxygen atoms in total. The summed E-state index contributed by atoms with van der Waals surface area (Å²) in [6, 6.07) is 20.6. The van der Waals surface area contributed by atoms with Crippen LogP contribution in [0.25, 0.3) is 0 Å². The van der Waals surface area contributed by atoms with Gasteiger partial charge in [0, 0.05) is 0 Å². The highest BCUT2D eigenvalue weighted by Crippen LogP contribution is 2.24. The van der Waals surface area contributed by atoms with Gasteiger partial charge in [0.25, 0.3) is 0 Å². The molecular weight excluding hydrogens is 248 g/mol. The van der Waals surface area contributed by atoms with Crippen molar-refractivity contribution in [2.45, 2.75) is 25.0 Å². The molecule has 3 rings (SSSR count). The second-order valence-corrected chi connectivity index (χ2v) is 5.20. The van der Waals surface area contributed by atoms with Gasteiger partial charge in [0.1, 0.15) is 6.04 Å². The Hall–Kier alpha value is -2.13.